The van der Waals surface area contributed by atoms with Gasteiger partial charge in [-0.15, -0.1) is 0 Å². The van der Waals surface area contributed by atoms with Crippen molar-refractivity contribution in [2.24, 2.45) is 0 Å². The Kier molecular flexibility index (Phi) is 3.80. The molecule has 21 heavy (non-hydrogen) atoms. The molecule has 0 aromatic heterocycles. The maximum Gasteiger partial charge on any atom is 0.339 e. The monoisotopic (exact) mass is 287 g/mol. The average molecular weight is 287 g/mol. The van der Waals surface area contributed by atoms with Gasteiger partial charge in [0.25, 0.3) is 5.91 Å². The van der Waals surface area contributed by atoms with Crippen LogP contribution in [0.3, 0.4) is 0 Å². The van der Waals surface area contributed by atoms with Gasteiger partial charge >= 0.3 is 5.97 Å². The minimum Gasteiger partial charge on any atom is -0.508 e. The molecule has 0 saturated carbocycles. The Hall–Kier alpha value is -3.02. The highest BCUT2D eigenvalue weighted by Gasteiger charge is 2.13. The standard InChI is InChI=1S/C15H13NO5/c1-8-2-3-9(6-13(8)18)14(19)16-10-4-5-12(17)11(7-10)15(20)21/h2-7,17-18H,1H3,(H,16,19)(H,20,21). The van der Waals surface area contributed by atoms with Crippen LogP contribution in [0.15, 0.2) is 36.4 Å². The molecule has 0 aliphatic carbocycles. The molecule has 6 heteroatoms. The SMILES string of the molecule is Cc1ccc(C(=O)Nc2ccc(O)c(C(=O)O)c2)cc1O. The van der Waals surface area contributed by atoms with Crippen LogP contribution in [-0.2, 0) is 0 Å². The number of carboxylic acids is 1. The fourth-order valence-electron chi connectivity index (χ4n) is 1.74. The molecule has 1 amide bonds. The number of rotatable bonds is 3. The van der Waals surface area contributed by atoms with Crippen molar-refractivity contribution in [3.05, 3.63) is 53.1 Å². The van der Waals surface area contributed by atoms with Crippen molar-refractivity contribution in [3.8, 4) is 11.5 Å². The van der Waals surface area contributed by atoms with Gasteiger partial charge in [0, 0.05) is 11.3 Å². The number of nitrogens with one attached hydrogen (secondary N) is 1. The number of anilines is 1. The molecule has 2 rings (SSSR count). The molecule has 6 nitrogen and oxygen atoms in total. The summed E-state index contributed by atoms with van der Waals surface area (Å²) in [5, 5.41) is 30.4. The lowest BCUT2D eigenvalue weighted by Gasteiger charge is -2.08. The summed E-state index contributed by atoms with van der Waals surface area (Å²) in [6.07, 6.45) is 0. The summed E-state index contributed by atoms with van der Waals surface area (Å²) in [5.41, 5.74) is 0.808. The number of hydrogen-bond donors (Lipinski definition) is 4. The van der Waals surface area contributed by atoms with E-state index < -0.39 is 11.9 Å². The number of hydrogen-bond acceptors (Lipinski definition) is 4. The fourth-order valence-corrected chi connectivity index (χ4v) is 1.74. The zero-order chi connectivity index (χ0) is 15.6. The van der Waals surface area contributed by atoms with E-state index in [1.54, 1.807) is 19.1 Å². The van der Waals surface area contributed by atoms with Gasteiger partial charge in [0.2, 0.25) is 0 Å². The zero-order valence-corrected chi connectivity index (χ0v) is 11.1. The number of carbonyl (C=O) groups excluding carboxylic acids is 1. The number of carbonyl (C=O) groups is 2. The van der Waals surface area contributed by atoms with Crippen LogP contribution in [0.2, 0.25) is 0 Å². The average Bonchev–Trinajstić information content (AvgIpc) is 2.43. The lowest BCUT2D eigenvalue weighted by molar-refractivity contribution is 0.0693. The van der Waals surface area contributed by atoms with Crippen molar-refractivity contribution in [2.75, 3.05) is 5.32 Å². The predicted octanol–water partition coefficient (Wildman–Crippen LogP) is 2.36. The Bertz CT molecular complexity index is 724. The smallest absolute Gasteiger partial charge is 0.339 e. The van der Waals surface area contributed by atoms with Gasteiger partial charge in [-0.2, -0.15) is 0 Å². The lowest BCUT2D eigenvalue weighted by Crippen LogP contribution is -2.12. The fraction of sp³-hybridized carbons (Fsp3) is 0.0667. The number of carboxylic acid groups (broad SMARTS) is 1. The Morgan fingerprint density at radius 2 is 1.71 bits per heavy atom. The van der Waals surface area contributed by atoms with Crippen molar-refractivity contribution in [1.82, 2.24) is 0 Å². The largest absolute Gasteiger partial charge is 0.508 e. The van der Waals surface area contributed by atoms with Crippen LogP contribution in [0, 0.1) is 6.92 Å². The van der Waals surface area contributed by atoms with E-state index in [9.17, 15) is 19.8 Å². The Balaban J connectivity index is 2.25. The lowest BCUT2D eigenvalue weighted by atomic mass is 10.1. The van der Waals surface area contributed by atoms with Crippen LogP contribution in [0.1, 0.15) is 26.3 Å². The first-order chi connectivity index (χ1) is 9.88. The van der Waals surface area contributed by atoms with Gasteiger partial charge in [-0.1, -0.05) is 6.07 Å². The molecular formula is C15H13NO5. The highest BCUT2D eigenvalue weighted by molar-refractivity contribution is 6.05. The van der Waals surface area contributed by atoms with Gasteiger partial charge in [-0.05, 0) is 42.8 Å². The second kappa shape index (κ2) is 5.54. The summed E-state index contributed by atoms with van der Waals surface area (Å²) in [6.45, 7) is 1.70. The van der Waals surface area contributed by atoms with Crippen molar-refractivity contribution in [1.29, 1.82) is 0 Å². The third-order valence-corrected chi connectivity index (χ3v) is 2.96. The van der Waals surface area contributed by atoms with Crippen molar-refractivity contribution < 1.29 is 24.9 Å². The van der Waals surface area contributed by atoms with Gasteiger partial charge in [-0.3, -0.25) is 4.79 Å². The van der Waals surface area contributed by atoms with Gasteiger partial charge in [0.15, 0.2) is 0 Å². The van der Waals surface area contributed by atoms with Crippen LogP contribution in [0.5, 0.6) is 11.5 Å². The maximum atomic E-state index is 12.0. The summed E-state index contributed by atoms with van der Waals surface area (Å²) in [6, 6.07) is 8.19. The second-order valence-electron chi connectivity index (χ2n) is 4.49. The van der Waals surface area contributed by atoms with E-state index >= 15 is 0 Å². The molecule has 0 atom stereocenters. The van der Waals surface area contributed by atoms with Crippen LogP contribution in [0.25, 0.3) is 0 Å². The van der Waals surface area contributed by atoms with Crippen molar-refractivity contribution in [2.45, 2.75) is 6.92 Å². The molecule has 0 aliphatic heterocycles. The number of aromatic hydroxyl groups is 2. The quantitative estimate of drug-likeness (QED) is 0.648. The van der Waals surface area contributed by atoms with Gasteiger partial charge < -0.3 is 20.6 Å². The molecule has 0 fully saturated rings. The topological polar surface area (TPSA) is 107 Å². The molecule has 0 bridgehead atoms. The third kappa shape index (κ3) is 3.11. The molecule has 2 aromatic rings. The number of phenolic OH excluding ortho intramolecular Hbond substituents is 1. The van der Waals surface area contributed by atoms with E-state index in [-0.39, 0.29) is 28.3 Å². The molecule has 2 aromatic carbocycles. The van der Waals surface area contributed by atoms with Crippen LogP contribution in [-0.4, -0.2) is 27.2 Å². The minimum absolute atomic E-state index is 0.000388. The van der Waals surface area contributed by atoms with Crippen molar-refractivity contribution >= 4 is 17.6 Å². The van der Waals surface area contributed by atoms with E-state index in [2.05, 4.69) is 5.32 Å². The number of amides is 1. The highest BCUT2D eigenvalue weighted by atomic mass is 16.4. The van der Waals surface area contributed by atoms with Gasteiger partial charge in [0.05, 0.1) is 0 Å². The van der Waals surface area contributed by atoms with Gasteiger partial charge in [0.1, 0.15) is 17.1 Å². The third-order valence-electron chi connectivity index (χ3n) is 2.96. The van der Waals surface area contributed by atoms with E-state index in [4.69, 9.17) is 5.11 Å². The maximum absolute atomic E-state index is 12.0. The van der Waals surface area contributed by atoms with E-state index in [0.29, 0.717) is 5.56 Å². The van der Waals surface area contributed by atoms with Crippen LogP contribution >= 0.6 is 0 Å². The highest BCUT2D eigenvalue weighted by Crippen LogP contribution is 2.23. The molecule has 0 spiro atoms. The number of aryl methyl sites for hydroxylation is 1. The van der Waals surface area contributed by atoms with Crippen molar-refractivity contribution in [3.63, 3.8) is 0 Å². The first-order valence-electron chi connectivity index (χ1n) is 6.06. The molecule has 0 heterocycles. The summed E-state index contributed by atoms with van der Waals surface area (Å²) >= 11 is 0. The minimum atomic E-state index is -1.29. The Labute approximate surface area is 120 Å². The van der Waals surface area contributed by atoms with E-state index in [1.165, 1.54) is 18.2 Å². The van der Waals surface area contributed by atoms with Crippen LogP contribution < -0.4 is 5.32 Å². The summed E-state index contributed by atoms with van der Waals surface area (Å²) in [7, 11) is 0. The molecule has 0 unspecified atom stereocenters. The summed E-state index contributed by atoms with van der Waals surface area (Å²) < 4.78 is 0. The summed E-state index contributed by atoms with van der Waals surface area (Å²) in [5.74, 6) is -2.17. The number of aromatic carboxylic acids is 1. The molecule has 108 valence electrons. The number of benzene rings is 2. The molecule has 0 saturated heterocycles. The summed E-state index contributed by atoms with van der Waals surface area (Å²) in [4.78, 5) is 22.9. The normalized spacial score (nSPS) is 10.1. The number of phenols is 2. The zero-order valence-electron chi connectivity index (χ0n) is 11.1. The molecule has 0 radical (unpaired) electrons. The molecule has 4 N–H and O–H groups in total. The first kappa shape index (κ1) is 14.4. The van der Waals surface area contributed by atoms with E-state index in [0.717, 1.165) is 6.07 Å². The molecular weight excluding hydrogens is 274 g/mol. The van der Waals surface area contributed by atoms with E-state index in [1.807, 2.05) is 0 Å². The first-order valence-corrected chi connectivity index (χ1v) is 6.06. The second-order valence-corrected chi connectivity index (χ2v) is 4.49. The van der Waals surface area contributed by atoms with Crippen LogP contribution in [0.4, 0.5) is 5.69 Å². The van der Waals surface area contributed by atoms with Gasteiger partial charge in [-0.25, -0.2) is 4.79 Å². The predicted molar refractivity (Wildman–Crippen MR) is 75.9 cm³/mol. The molecule has 0 aliphatic rings. The Morgan fingerprint density at radius 3 is 2.33 bits per heavy atom. The Morgan fingerprint density at radius 1 is 1.00 bits per heavy atom.